The molecule has 1 saturated carbocycles. The van der Waals surface area contributed by atoms with Crippen molar-refractivity contribution < 1.29 is 22.7 Å². The number of hydrogen-bond donors (Lipinski definition) is 0. The molecule has 11 heteroatoms. The number of Topliss-reactive ketones (excluding diaryl/α,β-unsaturated/α-hetero) is 1. The largest absolute Gasteiger partial charge is 0.490 e. The number of anilines is 1. The number of alkyl halides is 3. The Hall–Kier alpha value is -3.11. The van der Waals surface area contributed by atoms with Crippen LogP contribution in [0.25, 0.3) is 0 Å². The minimum atomic E-state index is -4.52. The summed E-state index contributed by atoms with van der Waals surface area (Å²) in [5.74, 6) is -0.234. The molecule has 4 rings (SSSR count). The third-order valence-electron chi connectivity index (χ3n) is 6.23. The van der Waals surface area contributed by atoms with E-state index < -0.39 is 35.1 Å². The zero-order valence-electron chi connectivity index (χ0n) is 18.2. The van der Waals surface area contributed by atoms with Crippen molar-refractivity contribution in [3.8, 4) is 5.75 Å². The maximum atomic E-state index is 13.2. The molecule has 1 aromatic heterocycles. The first-order valence-corrected chi connectivity index (χ1v) is 11.0. The molecule has 8 nitrogen and oxygen atoms in total. The van der Waals surface area contributed by atoms with Crippen molar-refractivity contribution in [1.29, 1.82) is 0 Å². The average molecular weight is 466 g/mol. The Labute approximate surface area is 187 Å². The van der Waals surface area contributed by atoms with Crippen LogP contribution in [0.1, 0.15) is 50.1 Å². The third kappa shape index (κ3) is 4.67. The minimum Gasteiger partial charge on any atom is -0.490 e. The highest BCUT2D eigenvalue weighted by molar-refractivity contribution is 5.83. The fourth-order valence-electron chi connectivity index (χ4n) is 4.37. The normalized spacial score (nSPS) is 20.2. The number of para-hydroxylation sites is 1. The van der Waals surface area contributed by atoms with Crippen molar-refractivity contribution >= 4 is 11.6 Å². The van der Waals surface area contributed by atoms with Crippen LogP contribution >= 0.6 is 0 Å². The Morgan fingerprint density at radius 2 is 1.73 bits per heavy atom. The molecule has 2 fully saturated rings. The van der Waals surface area contributed by atoms with Crippen LogP contribution < -0.4 is 20.9 Å². The summed E-state index contributed by atoms with van der Waals surface area (Å²) in [6, 6.07) is 4.39. The number of ether oxygens (including phenoxy) is 1. The van der Waals surface area contributed by atoms with Gasteiger partial charge in [-0.25, -0.2) is 9.48 Å². The lowest BCUT2D eigenvalue weighted by atomic mass is 9.94. The van der Waals surface area contributed by atoms with Crippen LogP contribution in [0.3, 0.4) is 0 Å². The predicted molar refractivity (Wildman–Crippen MR) is 114 cm³/mol. The Morgan fingerprint density at radius 1 is 1.03 bits per heavy atom. The highest BCUT2D eigenvalue weighted by Crippen LogP contribution is 2.37. The fraction of sp³-hybridized carbons (Fsp3) is 0.545. The number of carbonyl (C=O) groups excluding carboxylic acids is 1. The van der Waals surface area contributed by atoms with Gasteiger partial charge in [0.1, 0.15) is 17.9 Å². The molecule has 2 heterocycles. The van der Waals surface area contributed by atoms with Crippen molar-refractivity contribution in [3.63, 3.8) is 0 Å². The Balaban J connectivity index is 1.52. The Kier molecular flexibility index (Phi) is 6.31. The number of benzene rings is 1. The number of carbonyl (C=O) groups is 1. The summed E-state index contributed by atoms with van der Waals surface area (Å²) in [5.41, 5.74) is -2.03. The molecule has 1 aromatic carbocycles. The van der Waals surface area contributed by atoms with Crippen LogP contribution in [-0.4, -0.2) is 39.3 Å². The maximum absolute atomic E-state index is 13.2. The van der Waals surface area contributed by atoms with Gasteiger partial charge in [-0.1, -0.05) is 18.6 Å². The molecular formula is C22H25F3N4O4. The van der Waals surface area contributed by atoms with Gasteiger partial charge in [-0.15, -0.1) is 5.10 Å². The summed E-state index contributed by atoms with van der Waals surface area (Å²) < 4.78 is 47.4. The molecule has 2 aromatic rings. The Bertz CT molecular complexity index is 1150. The van der Waals surface area contributed by atoms with Gasteiger partial charge in [-0.2, -0.15) is 13.2 Å². The van der Waals surface area contributed by atoms with Crippen LogP contribution in [0.2, 0.25) is 0 Å². The summed E-state index contributed by atoms with van der Waals surface area (Å²) >= 11 is 0. The Morgan fingerprint density at radius 3 is 2.39 bits per heavy atom. The number of hydrogen-bond acceptors (Lipinski definition) is 6. The number of rotatable bonds is 4. The molecule has 1 atom stereocenters. The van der Waals surface area contributed by atoms with E-state index in [1.165, 1.54) is 25.2 Å². The van der Waals surface area contributed by atoms with Gasteiger partial charge in [-0.3, -0.25) is 14.2 Å². The van der Waals surface area contributed by atoms with Crippen molar-refractivity contribution in [1.82, 2.24) is 14.3 Å². The quantitative estimate of drug-likeness (QED) is 0.689. The van der Waals surface area contributed by atoms with Crippen molar-refractivity contribution in [2.75, 3.05) is 18.0 Å². The average Bonchev–Trinajstić information content (AvgIpc) is 2.79. The molecule has 0 bridgehead atoms. The highest BCUT2D eigenvalue weighted by Gasteiger charge is 2.35. The van der Waals surface area contributed by atoms with E-state index in [9.17, 15) is 27.6 Å². The molecule has 1 aliphatic heterocycles. The SMILES string of the molecule is Cn1c(=O)c(N2CCC(Oc3ccccc3C(F)(F)F)CC2)nn(C2CCCCC2=O)c1=O. The number of halogens is 3. The molecule has 0 spiro atoms. The van der Waals surface area contributed by atoms with Crippen LogP contribution in [0, 0.1) is 0 Å². The topological polar surface area (TPSA) is 86.4 Å². The second-order valence-electron chi connectivity index (χ2n) is 8.44. The van der Waals surface area contributed by atoms with Gasteiger partial charge >= 0.3 is 11.9 Å². The molecular weight excluding hydrogens is 441 g/mol. The van der Waals surface area contributed by atoms with E-state index in [0.717, 1.165) is 28.2 Å². The van der Waals surface area contributed by atoms with Gasteiger partial charge in [0, 0.05) is 39.4 Å². The smallest absolute Gasteiger partial charge is 0.419 e. The second-order valence-corrected chi connectivity index (χ2v) is 8.44. The van der Waals surface area contributed by atoms with E-state index in [-0.39, 0.29) is 17.4 Å². The third-order valence-corrected chi connectivity index (χ3v) is 6.23. The summed E-state index contributed by atoms with van der Waals surface area (Å²) in [6.07, 6.45) is -1.79. The van der Waals surface area contributed by atoms with E-state index >= 15 is 0 Å². The maximum Gasteiger partial charge on any atom is 0.419 e. The summed E-state index contributed by atoms with van der Waals surface area (Å²) in [4.78, 5) is 39.4. The van der Waals surface area contributed by atoms with Crippen LogP contribution in [0.4, 0.5) is 19.0 Å². The van der Waals surface area contributed by atoms with Crippen LogP contribution in [0.15, 0.2) is 33.9 Å². The summed E-state index contributed by atoms with van der Waals surface area (Å²) in [6.45, 7) is 0.635. The lowest BCUT2D eigenvalue weighted by Gasteiger charge is -2.33. The summed E-state index contributed by atoms with van der Waals surface area (Å²) in [5, 5.41) is 4.27. The highest BCUT2D eigenvalue weighted by atomic mass is 19.4. The molecule has 0 amide bonds. The van der Waals surface area contributed by atoms with Gasteiger partial charge in [0.15, 0.2) is 5.78 Å². The molecule has 0 radical (unpaired) electrons. The van der Waals surface area contributed by atoms with Gasteiger partial charge in [-0.05, 0) is 25.0 Å². The molecule has 33 heavy (non-hydrogen) atoms. The van der Waals surface area contributed by atoms with E-state index in [4.69, 9.17) is 4.74 Å². The molecule has 1 saturated heterocycles. The monoisotopic (exact) mass is 466 g/mol. The number of piperidine rings is 1. The first-order valence-electron chi connectivity index (χ1n) is 11.0. The van der Waals surface area contributed by atoms with E-state index in [2.05, 4.69) is 5.10 Å². The molecule has 178 valence electrons. The van der Waals surface area contributed by atoms with Crippen molar-refractivity contribution in [2.24, 2.45) is 7.05 Å². The lowest BCUT2D eigenvalue weighted by Crippen LogP contribution is -2.48. The minimum absolute atomic E-state index is 0.0598. The molecule has 1 aliphatic carbocycles. The zero-order valence-corrected chi connectivity index (χ0v) is 18.2. The molecule has 1 unspecified atom stereocenters. The van der Waals surface area contributed by atoms with E-state index in [1.807, 2.05) is 0 Å². The number of aromatic nitrogens is 3. The standard InChI is InChI=1S/C22H25F3N4O4/c1-27-20(31)19(26-29(21(27)32)16-7-3-4-8-17(16)30)28-12-10-14(11-13-28)33-18-9-5-2-6-15(18)22(23,24)25/h2,5-6,9,14,16H,3-4,7-8,10-13H2,1H3. The second kappa shape index (κ2) is 9.03. The van der Waals surface area contributed by atoms with Crippen LogP contribution in [0.5, 0.6) is 5.75 Å². The van der Waals surface area contributed by atoms with Gasteiger partial charge in [0.25, 0.3) is 5.56 Å². The van der Waals surface area contributed by atoms with Crippen molar-refractivity contribution in [3.05, 3.63) is 50.7 Å². The number of nitrogens with zero attached hydrogens (tertiary/aromatic N) is 4. The predicted octanol–water partition coefficient (Wildman–Crippen LogP) is 2.69. The molecule has 0 N–H and O–H groups in total. The van der Waals surface area contributed by atoms with E-state index in [1.54, 1.807) is 4.90 Å². The first-order chi connectivity index (χ1) is 15.7. The first kappa shape index (κ1) is 23.1. The lowest BCUT2D eigenvalue weighted by molar-refractivity contribution is -0.139. The van der Waals surface area contributed by atoms with Gasteiger partial charge in [0.2, 0.25) is 5.82 Å². The fourth-order valence-corrected chi connectivity index (χ4v) is 4.37. The van der Waals surface area contributed by atoms with E-state index in [0.29, 0.717) is 38.8 Å². The zero-order chi connectivity index (χ0) is 23.8. The molecule has 2 aliphatic rings. The number of ketones is 1. The van der Waals surface area contributed by atoms with Gasteiger partial charge in [0.05, 0.1) is 5.56 Å². The summed E-state index contributed by atoms with van der Waals surface area (Å²) in [7, 11) is 1.35. The van der Waals surface area contributed by atoms with Crippen molar-refractivity contribution in [2.45, 2.75) is 56.8 Å². The van der Waals surface area contributed by atoms with Gasteiger partial charge < -0.3 is 9.64 Å². The van der Waals surface area contributed by atoms with Crippen LogP contribution in [-0.2, 0) is 18.0 Å².